The molecule has 1 fully saturated rings. The minimum absolute atomic E-state index is 0.0366. The van der Waals surface area contributed by atoms with Crippen molar-refractivity contribution >= 4 is 28.5 Å². The molecule has 1 aliphatic rings. The number of nitrogens with one attached hydrogen (secondary N) is 1. The maximum Gasteiger partial charge on any atom is 0.252 e. The Morgan fingerprint density at radius 2 is 2.00 bits per heavy atom. The summed E-state index contributed by atoms with van der Waals surface area (Å²) in [7, 11) is 0. The summed E-state index contributed by atoms with van der Waals surface area (Å²) in [5.41, 5.74) is 0.772. The highest BCUT2D eigenvalue weighted by Crippen LogP contribution is 2.12. The van der Waals surface area contributed by atoms with Crippen LogP contribution in [0.25, 0.3) is 0 Å². The topological polar surface area (TPSA) is 32.3 Å². The smallest absolute Gasteiger partial charge is 0.252 e. The molecule has 1 heterocycles. The van der Waals surface area contributed by atoms with Gasteiger partial charge in [-0.05, 0) is 67.6 Å². The van der Waals surface area contributed by atoms with E-state index in [-0.39, 0.29) is 11.9 Å². The number of carbonyl (C=O) groups is 1. The SMILES string of the molecule is CC(CN1CCCCC1)NC(=O)c1ccccc1I. The summed E-state index contributed by atoms with van der Waals surface area (Å²) in [6.07, 6.45) is 3.92. The van der Waals surface area contributed by atoms with Crippen molar-refractivity contribution in [3.05, 3.63) is 33.4 Å². The van der Waals surface area contributed by atoms with Crippen LogP contribution in [-0.4, -0.2) is 36.5 Å². The van der Waals surface area contributed by atoms with Crippen LogP contribution in [0.15, 0.2) is 24.3 Å². The first-order valence-electron chi connectivity index (χ1n) is 6.94. The molecular formula is C15H21IN2O. The monoisotopic (exact) mass is 372 g/mol. The molecule has 4 heteroatoms. The molecule has 1 saturated heterocycles. The van der Waals surface area contributed by atoms with Crippen molar-refractivity contribution < 1.29 is 4.79 Å². The van der Waals surface area contributed by atoms with Crippen molar-refractivity contribution in [3.8, 4) is 0 Å². The van der Waals surface area contributed by atoms with Crippen LogP contribution in [0.4, 0.5) is 0 Å². The minimum atomic E-state index is 0.0366. The Kier molecular flexibility index (Phi) is 5.63. The fourth-order valence-corrected chi connectivity index (χ4v) is 3.15. The average Bonchev–Trinajstić information content (AvgIpc) is 2.40. The number of nitrogens with zero attached hydrogens (tertiary/aromatic N) is 1. The number of halogens is 1. The molecule has 0 saturated carbocycles. The fraction of sp³-hybridized carbons (Fsp3) is 0.533. The quantitative estimate of drug-likeness (QED) is 0.825. The second-order valence-corrected chi connectivity index (χ2v) is 6.38. The lowest BCUT2D eigenvalue weighted by Crippen LogP contribution is -2.43. The lowest BCUT2D eigenvalue weighted by molar-refractivity contribution is 0.0925. The molecule has 0 radical (unpaired) electrons. The maximum atomic E-state index is 12.2. The number of likely N-dealkylation sites (tertiary alicyclic amines) is 1. The Morgan fingerprint density at radius 3 is 2.68 bits per heavy atom. The summed E-state index contributed by atoms with van der Waals surface area (Å²) >= 11 is 2.21. The van der Waals surface area contributed by atoms with E-state index in [1.807, 2.05) is 24.3 Å². The van der Waals surface area contributed by atoms with Crippen LogP contribution in [0.5, 0.6) is 0 Å². The van der Waals surface area contributed by atoms with Crippen molar-refractivity contribution in [2.75, 3.05) is 19.6 Å². The van der Waals surface area contributed by atoms with E-state index in [0.717, 1.165) is 15.7 Å². The highest BCUT2D eigenvalue weighted by atomic mass is 127. The molecule has 19 heavy (non-hydrogen) atoms. The molecule has 1 atom stereocenters. The largest absolute Gasteiger partial charge is 0.348 e. The van der Waals surface area contributed by atoms with E-state index in [1.165, 1.54) is 32.4 Å². The normalized spacial score (nSPS) is 18.0. The Morgan fingerprint density at radius 1 is 1.32 bits per heavy atom. The molecule has 104 valence electrons. The van der Waals surface area contributed by atoms with E-state index >= 15 is 0 Å². The van der Waals surface area contributed by atoms with Crippen molar-refractivity contribution in [2.45, 2.75) is 32.2 Å². The molecule has 0 aromatic heterocycles. The highest BCUT2D eigenvalue weighted by Gasteiger charge is 2.16. The van der Waals surface area contributed by atoms with Gasteiger partial charge in [-0.15, -0.1) is 0 Å². The van der Waals surface area contributed by atoms with Gasteiger partial charge in [0, 0.05) is 16.2 Å². The first-order chi connectivity index (χ1) is 9.16. The van der Waals surface area contributed by atoms with E-state index in [2.05, 4.69) is 39.7 Å². The second-order valence-electron chi connectivity index (χ2n) is 5.22. The zero-order valence-corrected chi connectivity index (χ0v) is 13.5. The summed E-state index contributed by atoms with van der Waals surface area (Å²) < 4.78 is 1.00. The van der Waals surface area contributed by atoms with Gasteiger partial charge in [-0.2, -0.15) is 0 Å². The van der Waals surface area contributed by atoms with E-state index in [4.69, 9.17) is 0 Å². The lowest BCUT2D eigenvalue weighted by Gasteiger charge is -2.29. The molecular weight excluding hydrogens is 351 g/mol. The van der Waals surface area contributed by atoms with Gasteiger partial charge in [-0.1, -0.05) is 18.6 Å². The molecule has 1 unspecified atom stereocenters. The van der Waals surface area contributed by atoms with Gasteiger partial charge in [0.1, 0.15) is 0 Å². The average molecular weight is 372 g/mol. The van der Waals surface area contributed by atoms with Gasteiger partial charge in [-0.3, -0.25) is 4.79 Å². The Hall–Kier alpha value is -0.620. The molecule has 2 rings (SSSR count). The number of rotatable bonds is 4. The molecule has 0 aliphatic carbocycles. The zero-order valence-electron chi connectivity index (χ0n) is 11.4. The van der Waals surface area contributed by atoms with E-state index in [1.54, 1.807) is 0 Å². The fourth-order valence-electron chi connectivity index (χ4n) is 2.52. The van der Waals surface area contributed by atoms with Gasteiger partial charge in [0.2, 0.25) is 0 Å². The Balaban J connectivity index is 1.86. The number of hydrogen-bond donors (Lipinski definition) is 1. The predicted molar refractivity (Wildman–Crippen MR) is 86.4 cm³/mol. The van der Waals surface area contributed by atoms with Crippen molar-refractivity contribution in [1.29, 1.82) is 0 Å². The van der Waals surface area contributed by atoms with Gasteiger partial charge in [-0.25, -0.2) is 0 Å². The molecule has 3 nitrogen and oxygen atoms in total. The van der Waals surface area contributed by atoms with E-state index < -0.39 is 0 Å². The molecule has 1 amide bonds. The van der Waals surface area contributed by atoms with Crippen molar-refractivity contribution in [1.82, 2.24) is 10.2 Å². The van der Waals surface area contributed by atoms with Gasteiger partial charge in [0.25, 0.3) is 5.91 Å². The Labute approximate surface area is 128 Å². The number of hydrogen-bond acceptors (Lipinski definition) is 2. The van der Waals surface area contributed by atoms with Gasteiger partial charge in [0.15, 0.2) is 0 Å². The Bertz CT molecular complexity index is 430. The summed E-state index contributed by atoms with van der Waals surface area (Å²) in [5, 5.41) is 3.10. The summed E-state index contributed by atoms with van der Waals surface area (Å²) in [6.45, 7) is 5.38. The van der Waals surface area contributed by atoms with E-state index in [0.29, 0.717) is 0 Å². The third-order valence-electron chi connectivity index (χ3n) is 3.48. The zero-order chi connectivity index (χ0) is 13.7. The first-order valence-corrected chi connectivity index (χ1v) is 8.02. The van der Waals surface area contributed by atoms with Crippen LogP contribution in [0, 0.1) is 3.57 Å². The minimum Gasteiger partial charge on any atom is -0.348 e. The number of piperidine rings is 1. The maximum absolute atomic E-state index is 12.2. The number of amides is 1. The van der Waals surface area contributed by atoms with E-state index in [9.17, 15) is 4.79 Å². The van der Waals surface area contributed by atoms with Crippen LogP contribution in [0.1, 0.15) is 36.5 Å². The van der Waals surface area contributed by atoms with Gasteiger partial charge in [0.05, 0.1) is 5.56 Å². The molecule has 1 aromatic carbocycles. The third kappa shape index (κ3) is 4.45. The van der Waals surface area contributed by atoms with Crippen LogP contribution >= 0.6 is 22.6 Å². The second kappa shape index (κ2) is 7.24. The van der Waals surface area contributed by atoms with Crippen LogP contribution in [0.3, 0.4) is 0 Å². The van der Waals surface area contributed by atoms with Gasteiger partial charge < -0.3 is 10.2 Å². The van der Waals surface area contributed by atoms with Crippen molar-refractivity contribution in [3.63, 3.8) is 0 Å². The summed E-state index contributed by atoms with van der Waals surface area (Å²) in [5.74, 6) is 0.0366. The molecule has 0 spiro atoms. The van der Waals surface area contributed by atoms with Crippen LogP contribution < -0.4 is 5.32 Å². The lowest BCUT2D eigenvalue weighted by atomic mass is 10.1. The number of carbonyl (C=O) groups excluding carboxylic acids is 1. The standard InChI is InChI=1S/C15H21IN2O/c1-12(11-18-9-5-2-6-10-18)17-15(19)13-7-3-4-8-14(13)16/h3-4,7-8,12H,2,5-6,9-11H2,1H3,(H,17,19). The summed E-state index contributed by atoms with van der Waals surface area (Å²) in [4.78, 5) is 14.6. The molecule has 1 N–H and O–H groups in total. The number of benzene rings is 1. The summed E-state index contributed by atoms with van der Waals surface area (Å²) in [6, 6.07) is 7.90. The third-order valence-corrected chi connectivity index (χ3v) is 4.42. The van der Waals surface area contributed by atoms with Crippen molar-refractivity contribution in [2.24, 2.45) is 0 Å². The highest BCUT2D eigenvalue weighted by molar-refractivity contribution is 14.1. The molecule has 1 aliphatic heterocycles. The van der Waals surface area contributed by atoms with Crippen LogP contribution in [-0.2, 0) is 0 Å². The molecule has 0 bridgehead atoms. The molecule has 1 aromatic rings. The van der Waals surface area contributed by atoms with Crippen LogP contribution in [0.2, 0.25) is 0 Å². The van der Waals surface area contributed by atoms with Gasteiger partial charge >= 0.3 is 0 Å². The predicted octanol–water partition coefficient (Wildman–Crippen LogP) is 2.90. The first kappa shape index (κ1) is 14.8.